The number of anilines is 1. The first-order valence-electron chi connectivity index (χ1n) is 4.81. The number of fused-ring (bicyclic) bond motifs is 1. The number of hydrogen-bond acceptors (Lipinski definition) is 4. The lowest BCUT2D eigenvalue weighted by Crippen LogP contribution is -2.29. The van der Waals surface area contributed by atoms with E-state index >= 15 is 0 Å². The Labute approximate surface area is 87.8 Å². The summed E-state index contributed by atoms with van der Waals surface area (Å²) in [6.45, 7) is 3.96. The van der Waals surface area contributed by atoms with E-state index in [0.29, 0.717) is 6.54 Å². The minimum atomic E-state index is -0.742. The summed E-state index contributed by atoms with van der Waals surface area (Å²) < 4.78 is 1.69. The van der Waals surface area contributed by atoms with Crippen LogP contribution in [0.3, 0.4) is 0 Å². The van der Waals surface area contributed by atoms with Gasteiger partial charge in [-0.3, -0.25) is 0 Å². The normalized spacial score (nSPS) is 11.9. The highest BCUT2D eigenvalue weighted by molar-refractivity contribution is 5.45. The Morgan fingerprint density at radius 3 is 3.00 bits per heavy atom. The standard InChI is InChI=1S/C10H14N4O/c1-10(2,15)7-11-8-4-6-14-9(13-8)3-5-12-14/h3-6,15H,7H2,1-2H3,(H,11,13). The molecule has 2 N–H and O–H groups in total. The van der Waals surface area contributed by atoms with Gasteiger partial charge >= 0.3 is 0 Å². The maximum absolute atomic E-state index is 9.54. The second kappa shape index (κ2) is 3.51. The largest absolute Gasteiger partial charge is 0.389 e. The van der Waals surface area contributed by atoms with Crippen molar-refractivity contribution < 1.29 is 5.11 Å². The second-order valence-electron chi connectivity index (χ2n) is 4.11. The summed E-state index contributed by atoms with van der Waals surface area (Å²) in [4.78, 5) is 4.32. The molecule has 15 heavy (non-hydrogen) atoms. The summed E-state index contributed by atoms with van der Waals surface area (Å²) in [6.07, 6.45) is 3.52. The molecule has 5 nitrogen and oxygen atoms in total. The summed E-state index contributed by atoms with van der Waals surface area (Å²) in [5, 5.41) is 16.7. The molecule has 0 unspecified atom stereocenters. The van der Waals surface area contributed by atoms with Crippen LogP contribution in [0.15, 0.2) is 24.5 Å². The molecule has 0 amide bonds. The average molecular weight is 206 g/mol. The van der Waals surface area contributed by atoms with Crippen LogP contribution in [0.5, 0.6) is 0 Å². The van der Waals surface area contributed by atoms with Crippen molar-refractivity contribution >= 4 is 11.5 Å². The molecule has 0 radical (unpaired) electrons. The maximum atomic E-state index is 9.54. The van der Waals surface area contributed by atoms with Crippen LogP contribution >= 0.6 is 0 Å². The molecule has 0 aliphatic carbocycles. The Hall–Kier alpha value is -1.62. The zero-order chi connectivity index (χ0) is 10.9. The van der Waals surface area contributed by atoms with Gasteiger partial charge in [-0.05, 0) is 19.9 Å². The van der Waals surface area contributed by atoms with E-state index in [1.54, 1.807) is 24.6 Å². The molecule has 0 saturated carbocycles. The van der Waals surface area contributed by atoms with Crippen LogP contribution < -0.4 is 5.32 Å². The molecule has 80 valence electrons. The highest BCUT2D eigenvalue weighted by Gasteiger charge is 2.11. The van der Waals surface area contributed by atoms with E-state index in [2.05, 4.69) is 15.4 Å². The summed E-state index contributed by atoms with van der Waals surface area (Å²) in [5.41, 5.74) is 0.0457. The van der Waals surface area contributed by atoms with Crippen molar-refractivity contribution in [2.45, 2.75) is 19.4 Å². The van der Waals surface area contributed by atoms with E-state index in [4.69, 9.17) is 0 Å². The summed E-state index contributed by atoms with van der Waals surface area (Å²) in [5.74, 6) is 0.741. The highest BCUT2D eigenvalue weighted by Crippen LogP contribution is 2.08. The molecule has 2 heterocycles. The molecule has 0 saturated heterocycles. The van der Waals surface area contributed by atoms with Gasteiger partial charge in [-0.15, -0.1) is 0 Å². The maximum Gasteiger partial charge on any atom is 0.157 e. The summed E-state index contributed by atoms with van der Waals surface area (Å²) in [7, 11) is 0. The molecule has 0 aliphatic rings. The number of nitrogens with zero attached hydrogens (tertiary/aromatic N) is 3. The lowest BCUT2D eigenvalue weighted by molar-refractivity contribution is 0.0944. The zero-order valence-electron chi connectivity index (χ0n) is 8.81. The monoisotopic (exact) mass is 206 g/mol. The van der Waals surface area contributed by atoms with Crippen molar-refractivity contribution in [1.82, 2.24) is 14.6 Å². The van der Waals surface area contributed by atoms with Crippen LogP contribution in [-0.2, 0) is 0 Å². The number of hydrogen-bond donors (Lipinski definition) is 2. The van der Waals surface area contributed by atoms with E-state index in [1.807, 2.05) is 18.3 Å². The van der Waals surface area contributed by atoms with Gasteiger partial charge in [0.05, 0.1) is 11.8 Å². The minimum Gasteiger partial charge on any atom is -0.389 e. The van der Waals surface area contributed by atoms with Crippen molar-refractivity contribution in [2.75, 3.05) is 11.9 Å². The van der Waals surface area contributed by atoms with Crippen molar-refractivity contribution in [2.24, 2.45) is 0 Å². The lowest BCUT2D eigenvalue weighted by atomic mass is 10.1. The molecule has 2 aromatic heterocycles. The SMILES string of the molecule is CC(C)(O)CNc1ccn2nccc2n1. The molecule has 2 rings (SSSR count). The van der Waals surface area contributed by atoms with Gasteiger partial charge in [0.15, 0.2) is 5.65 Å². The molecule has 0 fully saturated rings. The van der Waals surface area contributed by atoms with Gasteiger partial charge < -0.3 is 10.4 Å². The Morgan fingerprint density at radius 1 is 1.47 bits per heavy atom. The van der Waals surface area contributed by atoms with Crippen molar-refractivity contribution in [3.63, 3.8) is 0 Å². The fourth-order valence-corrected chi connectivity index (χ4v) is 1.22. The Morgan fingerprint density at radius 2 is 2.27 bits per heavy atom. The number of aliphatic hydroxyl groups is 1. The summed E-state index contributed by atoms with van der Waals surface area (Å²) in [6, 6.07) is 3.65. The third-order valence-corrected chi connectivity index (χ3v) is 1.96. The minimum absolute atomic E-state index is 0.463. The van der Waals surface area contributed by atoms with Gasteiger partial charge in [0.1, 0.15) is 5.82 Å². The third-order valence-electron chi connectivity index (χ3n) is 1.96. The number of nitrogens with one attached hydrogen (secondary N) is 1. The average Bonchev–Trinajstić information content (AvgIpc) is 2.60. The van der Waals surface area contributed by atoms with Crippen LogP contribution in [0.25, 0.3) is 5.65 Å². The van der Waals surface area contributed by atoms with E-state index in [0.717, 1.165) is 11.5 Å². The fraction of sp³-hybridized carbons (Fsp3) is 0.400. The van der Waals surface area contributed by atoms with E-state index in [9.17, 15) is 5.11 Å². The van der Waals surface area contributed by atoms with Gasteiger partial charge in [-0.2, -0.15) is 5.10 Å². The van der Waals surface area contributed by atoms with Crippen molar-refractivity contribution in [3.05, 3.63) is 24.5 Å². The van der Waals surface area contributed by atoms with Crippen molar-refractivity contribution in [1.29, 1.82) is 0 Å². The third kappa shape index (κ3) is 2.44. The molecular formula is C10H14N4O. The van der Waals surface area contributed by atoms with Crippen LogP contribution in [-0.4, -0.2) is 31.9 Å². The van der Waals surface area contributed by atoms with Crippen LogP contribution in [0, 0.1) is 0 Å². The molecular weight excluding hydrogens is 192 g/mol. The quantitative estimate of drug-likeness (QED) is 0.783. The Balaban J connectivity index is 2.15. The van der Waals surface area contributed by atoms with Crippen molar-refractivity contribution in [3.8, 4) is 0 Å². The predicted octanol–water partition coefficient (Wildman–Crippen LogP) is 0.912. The van der Waals surface area contributed by atoms with E-state index in [1.165, 1.54) is 0 Å². The van der Waals surface area contributed by atoms with Crippen LogP contribution in [0.1, 0.15) is 13.8 Å². The zero-order valence-corrected chi connectivity index (χ0v) is 8.81. The predicted molar refractivity (Wildman–Crippen MR) is 57.8 cm³/mol. The van der Waals surface area contributed by atoms with Gasteiger partial charge in [-0.25, -0.2) is 9.50 Å². The molecule has 0 spiro atoms. The van der Waals surface area contributed by atoms with Gasteiger partial charge in [0.25, 0.3) is 0 Å². The topological polar surface area (TPSA) is 62.5 Å². The molecule has 0 bridgehead atoms. The first-order chi connectivity index (χ1) is 7.04. The highest BCUT2D eigenvalue weighted by atomic mass is 16.3. The molecule has 0 atom stereocenters. The molecule has 2 aromatic rings. The van der Waals surface area contributed by atoms with Gasteiger partial charge in [-0.1, -0.05) is 0 Å². The molecule has 0 aliphatic heterocycles. The molecule has 5 heteroatoms. The smallest absolute Gasteiger partial charge is 0.157 e. The number of aromatic nitrogens is 3. The van der Waals surface area contributed by atoms with Gasteiger partial charge in [0.2, 0.25) is 0 Å². The summed E-state index contributed by atoms with van der Waals surface area (Å²) >= 11 is 0. The number of rotatable bonds is 3. The van der Waals surface area contributed by atoms with E-state index < -0.39 is 5.60 Å². The second-order valence-corrected chi connectivity index (χ2v) is 4.11. The van der Waals surface area contributed by atoms with E-state index in [-0.39, 0.29) is 0 Å². The fourth-order valence-electron chi connectivity index (χ4n) is 1.22. The lowest BCUT2D eigenvalue weighted by Gasteiger charge is -2.17. The van der Waals surface area contributed by atoms with Crippen LogP contribution in [0.2, 0.25) is 0 Å². The van der Waals surface area contributed by atoms with Crippen LogP contribution in [0.4, 0.5) is 5.82 Å². The van der Waals surface area contributed by atoms with Gasteiger partial charge in [0, 0.05) is 18.8 Å². The Bertz CT molecular complexity index is 458. The molecule has 0 aromatic carbocycles. The first-order valence-corrected chi connectivity index (χ1v) is 4.81. The first kappa shape index (κ1) is 9.92. The Kier molecular flexibility index (Phi) is 2.32.